The van der Waals surface area contributed by atoms with Gasteiger partial charge in [-0.1, -0.05) is 30.3 Å². The van der Waals surface area contributed by atoms with Crippen molar-refractivity contribution >= 4 is 5.91 Å². The van der Waals surface area contributed by atoms with Gasteiger partial charge in [0.2, 0.25) is 5.91 Å². The summed E-state index contributed by atoms with van der Waals surface area (Å²) in [5.41, 5.74) is 1.27. The first-order valence-corrected chi connectivity index (χ1v) is 7.24. The van der Waals surface area contributed by atoms with Gasteiger partial charge in [0.25, 0.3) is 0 Å². The Bertz CT molecular complexity index is 413. The number of rotatable bonds is 6. The lowest BCUT2D eigenvalue weighted by atomic mass is 9.74. The predicted molar refractivity (Wildman–Crippen MR) is 77.7 cm³/mol. The predicted octanol–water partition coefficient (Wildman–Crippen LogP) is 1.89. The molecule has 20 heavy (non-hydrogen) atoms. The molecule has 1 aromatic rings. The molecule has 1 fully saturated rings. The van der Waals surface area contributed by atoms with Crippen molar-refractivity contribution in [2.45, 2.75) is 25.2 Å². The first kappa shape index (κ1) is 15.0. The highest BCUT2D eigenvalue weighted by Crippen LogP contribution is 2.34. The van der Waals surface area contributed by atoms with Crippen LogP contribution < -0.4 is 5.32 Å². The van der Waals surface area contributed by atoms with Crippen LogP contribution in [0.25, 0.3) is 0 Å². The zero-order valence-corrected chi connectivity index (χ0v) is 12.1. The van der Waals surface area contributed by atoms with Crippen molar-refractivity contribution in [3.63, 3.8) is 0 Å². The number of carbonyl (C=O) groups excluding carboxylic acids is 1. The van der Waals surface area contributed by atoms with Crippen molar-refractivity contribution in [1.82, 2.24) is 5.32 Å². The van der Waals surface area contributed by atoms with Gasteiger partial charge in [-0.2, -0.15) is 0 Å². The summed E-state index contributed by atoms with van der Waals surface area (Å²) in [5.74, 6) is -0.0475. The van der Waals surface area contributed by atoms with Crippen LogP contribution in [0.2, 0.25) is 0 Å². The zero-order chi connectivity index (χ0) is 14.3. The van der Waals surface area contributed by atoms with Crippen LogP contribution in [-0.2, 0) is 19.7 Å². The van der Waals surface area contributed by atoms with Crippen molar-refractivity contribution in [2.75, 3.05) is 33.0 Å². The third-order valence-corrected chi connectivity index (χ3v) is 3.90. The standard InChI is InChI=1S/C16H23NO3/c1-2-19-12-15(18)17-13-16(8-10-20-11-9-16)14-6-4-3-5-7-14/h3-7H,2,8-13H2,1H3,(H,17,18). The normalized spacial score (nSPS) is 17.6. The number of amides is 1. The second-order valence-corrected chi connectivity index (χ2v) is 5.17. The Morgan fingerprint density at radius 3 is 2.65 bits per heavy atom. The van der Waals surface area contributed by atoms with Gasteiger partial charge in [0.05, 0.1) is 0 Å². The van der Waals surface area contributed by atoms with Gasteiger partial charge in [-0.15, -0.1) is 0 Å². The van der Waals surface area contributed by atoms with Crippen LogP contribution in [-0.4, -0.2) is 38.9 Å². The highest BCUT2D eigenvalue weighted by Gasteiger charge is 2.34. The maximum atomic E-state index is 11.8. The molecule has 1 saturated heterocycles. The molecule has 1 aliphatic rings. The Morgan fingerprint density at radius 1 is 1.30 bits per heavy atom. The number of hydrogen-bond acceptors (Lipinski definition) is 3. The number of benzene rings is 1. The van der Waals surface area contributed by atoms with E-state index in [1.807, 2.05) is 13.0 Å². The number of ether oxygens (including phenoxy) is 2. The number of nitrogens with one attached hydrogen (secondary N) is 1. The van der Waals surface area contributed by atoms with E-state index in [2.05, 4.69) is 29.6 Å². The van der Waals surface area contributed by atoms with Gasteiger partial charge in [-0.05, 0) is 25.3 Å². The van der Waals surface area contributed by atoms with E-state index < -0.39 is 0 Å². The minimum Gasteiger partial charge on any atom is -0.381 e. The minimum absolute atomic E-state index is 0.0125. The number of hydrogen-bond donors (Lipinski definition) is 1. The smallest absolute Gasteiger partial charge is 0.246 e. The molecule has 1 aliphatic heterocycles. The van der Waals surface area contributed by atoms with Gasteiger partial charge in [-0.25, -0.2) is 0 Å². The van der Waals surface area contributed by atoms with Crippen molar-refractivity contribution in [3.8, 4) is 0 Å². The van der Waals surface area contributed by atoms with Crippen molar-refractivity contribution < 1.29 is 14.3 Å². The molecule has 0 unspecified atom stereocenters. The number of carbonyl (C=O) groups is 1. The molecule has 0 spiro atoms. The van der Waals surface area contributed by atoms with E-state index in [4.69, 9.17) is 9.47 Å². The van der Waals surface area contributed by atoms with E-state index in [1.54, 1.807) is 0 Å². The van der Waals surface area contributed by atoms with Crippen LogP contribution in [0.15, 0.2) is 30.3 Å². The van der Waals surface area contributed by atoms with Crippen LogP contribution in [0, 0.1) is 0 Å². The lowest BCUT2D eigenvalue weighted by Gasteiger charge is -2.38. The second-order valence-electron chi connectivity index (χ2n) is 5.17. The van der Waals surface area contributed by atoms with E-state index >= 15 is 0 Å². The summed E-state index contributed by atoms with van der Waals surface area (Å²) in [6.45, 7) is 4.72. The molecule has 110 valence electrons. The van der Waals surface area contributed by atoms with Crippen LogP contribution in [0.1, 0.15) is 25.3 Å². The molecule has 0 aliphatic carbocycles. The first-order valence-electron chi connectivity index (χ1n) is 7.24. The van der Waals surface area contributed by atoms with Gasteiger partial charge in [0.15, 0.2) is 0 Å². The molecule has 4 heteroatoms. The Hall–Kier alpha value is -1.39. The fourth-order valence-electron chi connectivity index (χ4n) is 2.63. The summed E-state index contributed by atoms with van der Waals surface area (Å²) in [7, 11) is 0. The molecule has 2 rings (SSSR count). The van der Waals surface area contributed by atoms with Crippen LogP contribution in [0.3, 0.4) is 0 Å². The van der Waals surface area contributed by atoms with E-state index in [1.165, 1.54) is 5.56 Å². The van der Waals surface area contributed by atoms with Gasteiger partial charge in [0.1, 0.15) is 6.61 Å². The van der Waals surface area contributed by atoms with E-state index in [0.717, 1.165) is 26.1 Å². The molecule has 1 aromatic carbocycles. The molecule has 0 bridgehead atoms. The maximum absolute atomic E-state index is 11.8. The second kappa shape index (κ2) is 7.41. The molecular formula is C16H23NO3. The van der Waals surface area contributed by atoms with E-state index in [-0.39, 0.29) is 17.9 Å². The Labute approximate surface area is 120 Å². The molecule has 1 heterocycles. The molecule has 0 radical (unpaired) electrons. The largest absolute Gasteiger partial charge is 0.381 e. The third kappa shape index (κ3) is 3.81. The fraction of sp³-hybridized carbons (Fsp3) is 0.562. The van der Waals surface area contributed by atoms with Gasteiger partial charge in [0, 0.05) is 31.8 Å². The molecule has 4 nitrogen and oxygen atoms in total. The summed E-state index contributed by atoms with van der Waals surface area (Å²) in [4.78, 5) is 11.8. The Kier molecular flexibility index (Phi) is 5.56. The van der Waals surface area contributed by atoms with Gasteiger partial charge >= 0.3 is 0 Å². The summed E-state index contributed by atoms with van der Waals surface area (Å²) in [6.07, 6.45) is 1.87. The van der Waals surface area contributed by atoms with Crippen LogP contribution >= 0.6 is 0 Å². The topological polar surface area (TPSA) is 47.6 Å². The highest BCUT2D eigenvalue weighted by molar-refractivity contribution is 5.77. The quantitative estimate of drug-likeness (QED) is 0.863. The molecule has 0 aromatic heterocycles. The molecule has 0 atom stereocenters. The summed E-state index contributed by atoms with van der Waals surface area (Å²) in [6, 6.07) is 10.4. The average Bonchev–Trinajstić information content (AvgIpc) is 2.52. The van der Waals surface area contributed by atoms with Gasteiger partial charge < -0.3 is 14.8 Å². The lowest BCUT2D eigenvalue weighted by molar-refractivity contribution is -0.126. The molecule has 1 amide bonds. The maximum Gasteiger partial charge on any atom is 0.246 e. The van der Waals surface area contributed by atoms with Crippen molar-refractivity contribution in [3.05, 3.63) is 35.9 Å². The van der Waals surface area contributed by atoms with Crippen molar-refractivity contribution in [2.24, 2.45) is 0 Å². The Balaban J connectivity index is 2.02. The lowest BCUT2D eigenvalue weighted by Crippen LogP contribution is -2.45. The highest BCUT2D eigenvalue weighted by atomic mass is 16.5. The SMILES string of the molecule is CCOCC(=O)NCC1(c2ccccc2)CCOCC1. The van der Waals surface area contributed by atoms with Crippen molar-refractivity contribution in [1.29, 1.82) is 0 Å². The zero-order valence-electron chi connectivity index (χ0n) is 12.1. The van der Waals surface area contributed by atoms with Crippen LogP contribution in [0.4, 0.5) is 0 Å². The Morgan fingerprint density at radius 2 is 2.00 bits per heavy atom. The molecule has 0 saturated carbocycles. The van der Waals surface area contributed by atoms with E-state index in [0.29, 0.717) is 13.2 Å². The monoisotopic (exact) mass is 277 g/mol. The summed E-state index contributed by atoms with van der Waals surface area (Å²) >= 11 is 0. The minimum atomic E-state index is -0.0475. The van der Waals surface area contributed by atoms with E-state index in [9.17, 15) is 4.79 Å². The first-order chi connectivity index (χ1) is 9.77. The van der Waals surface area contributed by atoms with Crippen LogP contribution in [0.5, 0.6) is 0 Å². The fourth-order valence-corrected chi connectivity index (χ4v) is 2.63. The van der Waals surface area contributed by atoms with Gasteiger partial charge in [-0.3, -0.25) is 4.79 Å². The summed E-state index contributed by atoms with van der Waals surface area (Å²) < 4.78 is 10.6. The summed E-state index contributed by atoms with van der Waals surface area (Å²) in [5, 5.41) is 3.01. The average molecular weight is 277 g/mol. The molecular weight excluding hydrogens is 254 g/mol. The third-order valence-electron chi connectivity index (χ3n) is 3.90. The molecule has 1 N–H and O–H groups in total.